The number of thiophene rings is 1. The van der Waals surface area contributed by atoms with Crippen LogP contribution in [0.4, 0.5) is 13.2 Å². The first-order valence-electron chi connectivity index (χ1n) is 8.21. The summed E-state index contributed by atoms with van der Waals surface area (Å²) in [6, 6.07) is 5.93. The average Bonchev–Trinajstić information content (AvgIpc) is 3.39. The van der Waals surface area contributed by atoms with Crippen LogP contribution in [0.25, 0.3) is 16.2 Å². The van der Waals surface area contributed by atoms with Crippen molar-refractivity contribution in [3.8, 4) is 10.6 Å². The van der Waals surface area contributed by atoms with E-state index >= 15 is 0 Å². The number of alkyl halides is 3. The van der Waals surface area contributed by atoms with E-state index in [0.29, 0.717) is 15.1 Å². The van der Waals surface area contributed by atoms with Gasteiger partial charge in [-0.25, -0.2) is 9.50 Å². The second-order valence-electron chi connectivity index (χ2n) is 6.06. The maximum Gasteiger partial charge on any atom is 0.433 e. The lowest BCUT2D eigenvalue weighted by Crippen LogP contribution is -2.24. The summed E-state index contributed by atoms with van der Waals surface area (Å²) in [5.74, 6) is -0.725. The van der Waals surface area contributed by atoms with Crippen LogP contribution in [0.15, 0.2) is 35.8 Å². The number of aromatic nitrogens is 5. The summed E-state index contributed by atoms with van der Waals surface area (Å²) >= 11 is 7.44. The van der Waals surface area contributed by atoms with Gasteiger partial charge < -0.3 is 5.32 Å². The molecule has 0 aliphatic rings. The van der Waals surface area contributed by atoms with Gasteiger partial charge in [-0.15, -0.1) is 11.3 Å². The first-order chi connectivity index (χ1) is 13.7. The van der Waals surface area contributed by atoms with Gasteiger partial charge in [0.2, 0.25) is 0 Å². The Kier molecular flexibility index (Phi) is 4.79. The van der Waals surface area contributed by atoms with Gasteiger partial charge >= 0.3 is 6.18 Å². The van der Waals surface area contributed by atoms with Gasteiger partial charge in [-0.05, 0) is 23.6 Å². The molecule has 4 rings (SSSR count). The highest BCUT2D eigenvalue weighted by Crippen LogP contribution is 2.35. The van der Waals surface area contributed by atoms with Crippen molar-refractivity contribution in [2.75, 3.05) is 0 Å². The first-order valence-corrected chi connectivity index (χ1v) is 9.47. The van der Waals surface area contributed by atoms with E-state index in [1.54, 1.807) is 41.5 Å². The minimum Gasteiger partial charge on any atom is -0.345 e. The SMILES string of the molecule is Cn1ccc(CNC(=O)c2nn3c(C(F)(F)F)cc(-c4cccs4)nc3c2Cl)n1. The van der Waals surface area contributed by atoms with Crippen LogP contribution in [0.2, 0.25) is 5.02 Å². The molecule has 0 bridgehead atoms. The molecule has 0 saturated carbocycles. The molecule has 12 heteroatoms. The Balaban J connectivity index is 1.76. The smallest absolute Gasteiger partial charge is 0.345 e. The molecular weight excluding hydrogens is 429 g/mol. The molecule has 0 radical (unpaired) electrons. The molecule has 0 fully saturated rings. The fourth-order valence-corrected chi connectivity index (χ4v) is 3.63. The van der Waals surface area contributed by atoms with Gasteiger partial charge in [-0.3, -0.25) is 9.48 Å². The molecule has 0 unspecified atom stereocenters. The summed E-state index contributed by atoms with van der Waals surface area (Å²) in [6.45, 7) is 0.0733. The lowest BCUT2D eigenvalue weighted by atomic mass is 10.2. The number of nitrogens with one attached hydrogen (secondary N) is 1. The van der Waals surface area contributed by atoms with Crippen molar-refractivity contribution < 1.29 is 18.0 Å². The predicted molar refractivity (Wildman–Crippen MR) is 101 cm³/mol. The molecular formula is C17H12ClF3N6OS. The highest BCUT2D eigenvalue weighted by atomic mass is 35.5. The zero-order valence-electron chi connectivity index (χ0n) is 14.7. The molecule has 0 aromatic carbocycles. The normalized spacial score (nSPS) is 11.9. The van der Waals surface area contributed by atoms with Gasteiger partial charge in [0.05, 0.1) is 22.8 Å². The number of nitrogens with zero attached hydrogens (tertiary/aromatic N) is 5. The van der Waals surface area contributed by atoms with Crippen LogP contribution >= 0.6 is 22.9 Å². The summed E-state index contributed by atoms with van der Waals surface area (Å²) in [7, 11) is 1.72. The van der Waals surface area contributed by atoms with Gasteiger partial charge in [0.25, 0.3) is 5.91 Å². The lowest BCUT2D eigenvalue weighted by Gasteiger charge is -2.10. The van der Waals surface area contributed by atoms with E-state index in [-0.39, 0.29) is 28.6 Å². The number of aryl methyl sites for hydroxylation is 1. The van der Waals surface area contributed by atoms with Crippen molar-refractivity contribution in [3.63, 3.8) is 0 Å². The van der Waals surface area contributed by atoms with Gasteiger partial charge in [-0.1, -0.05) is 17.7 Å². The minimum atomic E-state index is -4.72. The Morgan fingerprint density at radius 1 is 1.31 bits per heavy atom. The molecule has 4 heterocycles. The van der Waals surface area contributed by atoms with Crippen molar-refractivity contribution >= 4 is 34.5 Å². The second kappa shape index (κ2) is 7.16. The molecule has 4 aromatic rings. The highest BCUT2D eigenvalue weighted by molar-refractivity contribution is 7.13. The highest BCUT2D eigenvalue weighted by Gasteiger charge is 2.36. The number of carbonyl (C=O) groups excluding carboxylic acids is 1. The average molecular weight is 441 g/mol. The molecule has 0 aliphatic heterocycles. The summed E-state index contributed by atoms with van der Waals surface area (Å²) in [5.41, 5.74) is -0.981. The molecule has 150 valence electrons. The van der Waals surface area contributed by atoms with Crippen molar-refractivity contribution in [2.45, 2.75) is 12.7 Å². The topological polar surface area (TPSA) is 77.1 Å². The van der Waals surface area contributed by atoms with Crippen LogP contribution in [-0.2, 0) is 19.8 Å². The molecule has 0 saturated heterocycles. The van der Waals surface area contributed by atoms with Crippen LogP contribution in [0.5, 0.6) is 0 Å². The maximum atomic E-state index is 13.6. The molecule has 0 spiro atoms. The van der Waals surface area contributed by atoms with Crippen LogP contribution in [-0.4, -0.2) is 30.3 Å². The van der Waals surface area contributed by atoms with Crippen molar-refractivity contribution in [3.05, 3.63) is 57.9 Å². The number of rotatable bonds is 4. The van der Waals surface area contributed by atoms with E-state index in [1.807, 2.05) is 0 Å². The van der Waals surface area contributed by atoms with E-state index in [0.717, 1.165) is 6.07 Å². The zero-order chi connectivity index (χ0) is 20.8. The fourth-order valence-electron chi connectivity index (χ4n) is 2.70. The third-order valence-electron chi connectivity index (χ3n) is 4.01. The van der Waals surface area contributed by atoms with Crippen LogP contribution in [0, 0.1) is 0 Å². The summed E-state index contributed by atoms with van der Waals surface area (Å²) in [6.07, 6.45) is -3.02. The zero-order valence-corrected chi connectivity index (χ0v) is 16.3. The van der Waals surface area contributed by atoms with Crippen LogP contribution in [0.1, 0.15) is 21.9 Å². The first kappa shape index (κ1) is 19.4. The monoisotopic (exact) mass is 440 g/mol. The Labute approximate surface area is 170 Å². The number of carbonyl (C=O) groups is 1. The number of fused-ring (bicyclic) bond motifs is 1. The van der Waals surface area contributed by atoms with E-state index in [2.05, 4.69) is 20.5 Å². The molecule has 0 aliphatic carbocycles. The Morgan fingerprint density at radius 3 is 2.72 bits per heavy atom. The lowest BCUT2D eigenvalue weighted by molar-refractivity contribution is -0.142. The van der Waals surface area contributed by atoms with E-state index < -0.39 is 17.8 Å². The third kappa shape index (κ3) is 3.70. The van der Waals surface area contributed by atoms with Crippen LogP contribution < -0.4 is 5.32 Å². The van der Waals surface area contributed by atoms with Crippen LogP contribution in [0.3, 0.4) is 0 Å². The molecule has 29 heavy (non-hydrogen) atoms. The standard InChI is InChI=1S/C17H12ClF3N6OS/c1-26-5-4-9(24-26)8-22-16(28)14-13(18)15-23-10(11-3-2-6-29-11)7-12(17(19,20)21)27(15)25-14/h2-7H,8H2,1H3,(H,22,28). The van der Waals surface area contributed by atoms with E-state index in [1.165, 1.54) is 11.3 Å². The molecule has 4 aromatic heterocycles. The largest absolute Gasteiger partial charge is 0.433 e. The molecule has 1 N–H and O–H groups in total. The van der Waals surface area contributed by atoms with E-state index in [4.69, 9.17) is 11.6 Å². The van der Waals surface area contributed by atoms with Gasteiger partial charge in [-0.2, -0.15) is 23.4 Å². The molecule has 7 nitrogen and oxygen atoms in total. The summed E-state index contributed by atoms with van der Waals surface area (Å²) in [4.78, 5) is 17.2. The molecule has 1 amide bonds. The van der Waals surface area contributed by atoms with Crippen molar-refractivity contribution in [1.29, 1.82) is 0 Å². The number of halogens is 4. The Bertz CT molecular complexity index is 1200. The minimum absolute atomic E-state index is 0.0733. The third-order valence-corrected chi connectivity index (χ3v) is 5.25. The number of amides is 1. The van der Waals surface area contributed by atoms with Crippen molar-refractivity contribution in [1.82, 2.24) is 29.7 Å². The van der Waals surface area contributed by atoms with E-state index in [9.17, 15) is 18.0 Å². The molecule has 0 atom stereocenters. The summed E-state index contributed by atoms with van der Waals surface area (Å²) in [5, 5.41) is 11.9. The maximum absolute atomic E-state index is 13.6. The van der Waals surface area contributed by atoms with Gasteiger partial charge in [0.1, 0.15) is 5.02 Å². The second-order valence-corrected chi connectivity index (χ2v) is 7.39. The predicted octanol–water partition coefficient (Wildman–Crippen LogP) is 3.79. The van der Waals surface area contributed by atoms with Crippen molar-refractivity contribution in [2.24, 2.45) is 7.05 Å². The fraction of sp³-hybridized carbons (Fsp3) is 0.176. The number of hydrogen-bond acceptors (Lipinski definition) is 5. The summed E-state index contributed by atoms with van der Waals surface area (Å²) < 4.78 is 43.0. The van der Waals surface area contributed by atoms with Gasteiger partial charge in [0.15, 0.2) is 17.0 Å². The van der Waals surface area contributed by atoms with Gasteiger partial charge in [0, 0.05) is 13.2 Å². The quantitative estimate of drug-likeness (QED) is 0.523. The Morgan fingerprint density at radius 2 is 2.10 bits per heavy atom. The Hall–Kier alpha value is -2.92. The number of hydrogen-bond donors (Lipinski definition) is 1.